The lowest BCUT2D eigenvalue weighted by Crippen LogP contribution is -2.50. The predicted octanol–water partition coefficient (Wildman–Crippen LogP) is 4.96. The maximum atomic E-state index is 13.1. The van der Waals surface area contributed by atoms with Crippen molar-refractivity contribution in [2.75, 3.05) is 6.61 Å². The fraction of sp³-hybridized carbons (Fsp3) is 0.259. The monoisotopic (exact) mass is 458 g/mol. The fourth-order valence-corrected chi connectivity index (χ4v) is 4.80. The molecule has 34 heavy (non-hydrogen) atoms. The standard InChI is InChI=1S/C27H26N2O5/c30-17-5-15-29-16-12-21-22(18-6-2-1-3-7-18)23(34-24(21)25(29)31)19-8-10-20(11-9-19)27(13-4-14-27)28-26(32)33/h1-3,6-12,16,28,30H,4-5,13-15,17H2,(H,32,33). The first-order chi connectivity index (χ1) is 16.5. The Hall–Kier alpha value is -3.84. The van der Waals surface area contributed by atoms with Crippen LogP contribution in [0.2, 0.25) is 0 Å². The molecule has 3 N–H and O–H groups in total. The van der Waals surface area contributed by atoms with E-state index in [1.807, 2.05) is 60.7 Å². The molecule has 5 rings (SSSR count). The SMILES string of the molecule is O=C(O)NC1(c2ccc(-c3oc4c(=O)n(CCCO)ccc4c3-c3ccccc3)cc2)CCC1. The highest BCUT2D eigenvalue weighted by atomic mass is 16.4. The molecule has 4 aromatic rings. The van der Waals surface area contributed by atoms with Crippen LogP contribution in [0.25, 0.3) is 33.4 Å². The predicted molar refractivity (Wildman–Crippen MR) is 130 cm³/mol. The number of furan rings is 1. The molecule has 2 aromatic carbocycles. The van der Waals surface area contributed by atoms with Gasteiger partial charge in [0, 0.05) is 35.9 Å². The number of nitrogens with one attached hydrogen (secondary N) is 1. The van der Waals surface area contributed by atoms with Crippen LogP contribution < -0.4 is 10.9 Å². The number of fused-ring (bicyclic) bond motifs is 1. The van der Waals surface area contributed by atoms with Crippen LogP contribution in [0.5, 0.6) is 0 Å². The number of nitrogens with zero attached hydrogens (tertiary/aromatic N) is 1. The Morgan fingerprint density at radius 1 is 1.03 bits per heavy atom. The third-order valence-corrected chi connectivity index (χ3v) is 6.69. The maximum absolute atomic E-state index is 13.1. The summed E-state index contributed by atoms with van der Waals surface area (Å²) in [4.78, 5) is 24.4. The van der Waals surface area contributed by atoms with Crippen LogP contribution in [0.1, 0.15) is 31.2 Å². The average Bonchev–Trinajstić information content (AvgIpc) is 3.22. The van der Waals surface area contributed by atoms with Crippen molar-refractivity contribution in [2.24, 2.45) is 0 Å². The van der Waals surface area contributed by atoms with Gasteiger partial charge in [0.1, 0.15) is 5.76 Å². The summed E-state index contributed by atoms with van der Waals surface area (Å²) >= 11 is 0. The van der Waals surface area contributed by atoms with Crippen LogP contribution in [-0.4, -0.2) is 27.5 Å². The van der Waals surface area contributed by atoms with E-state index >= 15 is 0 Å². The number of carboxylic acid groups (broad SMARTS) is 1. The Morgan fingerprint density at radius 3 is 2.38 bits per heavy atom. The molecule has 0 atom stereocenters. The molecule has 0 unspecified atom stereocenters. The van der Waals surface area contributed by atoms with E-state index in [4.69, 9.17) is 9.52 Å². The van der Waals surface area contributed by atoms with E-state index in [-0.39, 0.29) is 17.7 Å². The van der Waals surface area contributed by atoms with Gasteiger partial charge in [-0.25, -0.2) is 4.79 Å². The zero-order valence-electron chi connectivity index (χ0n) is 18.7. The molecule has 2 heterocycles. The first-order valence-electron chi connectivity index (χ1n) is 11.5. The number of benzene rings is 2. The molecular formula is C27H26N2O5. The zero-order valence-corrected chi connectivity index (χ0v) is 18.7. The van der Waals surface area contributed by atoms with E-state index in [1.165, 1.54) is 0 Å². The number of rotatable bonds is 7. The molecule has 7 nitrogen and oxygen atoms in total. The number of hydrogen-bond donors (Lipinski definition) is 3. The van der Waals surface area contributed by atoms with Crippen LogP contribution in [-0.2, 0) is 12.1 Å². The number of hydrogen-bond acceptors (Lipinski definition) is 4. The quantitative estimate of drug-likeness (QED) is 0.363. The molecule has 0 saturated heterocycles. The highest BCUT2D eigenvalue weighted by Crippen LogP contribution is 2.43. The molecule has 1 fully saturated rings. The normalized spacial score (nSPS) is 14.6. The van der Waals surface area contributed by atoms with Crippen molar-refractivity contribution in [1.82, 2.24) is 9.88 Å². The minimum absolute atomic E-state index is 0.00766. The molecule has 7 heteroatoms. The van der Waals surface area contributed by atoms with Crippen molar-refractivity contribution in [3.8, 4) is 22.5 Å². The Bertz CT molecular complexity index is 1380. The van der Waals surface area contributed by atoms with Crippen molar-refractivity contribution in [3.63, 3.8) is 0 Å². The van der Waals surface area contributed by atoms with Crippen LogP contribution in [0.3, 0.4) is 0 Å². The second-order valence-electron chi connectivity index (χ2n) is 8.75. The number of aliphatic hydroxyl groups is 1. The molecule has 0 spiro atoms. The van der Waals surface area contributed by atoms with Gasteiger partial charge in [-0.05, 0) is 42.9 Å². The second-order valence-corrected chi connectivity index (χ2v) is 8.75. The molecule has 0 radical (unpaired) electrons. The van der Waals surface area contributed by atoms with Crippen molar-refractivity contribution < 1.29 is 19.4 Å². The van der Waals surface area contributed by atoms with Gasteiger partial charge >= 0.3 is 6.09 Å². The van der Waals surface area contributed by atoms with Gasteiger partial charge < -0.3 is 24.5 Å². The molecule has 0 aliphatic heterocycles. The van der Waals surface area contributed by atoms with Gasteiger partial charge in [0.05, 0.1) is 5.54 Å². The molecule has 1 aliphatic rings. The Labute approximate surface area is 196 Å². The van der Waals surface area contributed by atoms with Crippen molar-refractivity contribution in [1.29, 1.82) is 0 Å². The summed E-state index contributed by atoms with van der Waals surface area (Å²) < 4.78 is 7.77. The van der Waals surface area contributed by atoms with Gasteiger partial charge in [0.15, 0.2) is 0 Å². The van der Waals surface area contributed by atoms with Gasteiger partial charge in [0.2, 0.25) is 5.58 Å². The molecular weight excluding hydrogens is 432 g/mol. The van der Waals surface area contributed by atoms with E-state index < -0.39 is 11.6 Å². The Balaban J connectivity index is 1.63. The molecule has 2 aromatic heterocycles. The van der Waals surface area contributed by atoms with Crippen LogP contribution in [0.15, 0.2) is 76.1 Å². The topological polar surface area (TPSA) is 105 Å². The molecule has 1 saturated carbocycles. The minimum atomic E-state index is -1.02. The molecule has 1 amide bonds. The van der Waals surface area contributed by atoms with Crippen molar-refractivity contribution >= 4 is 17.1 Å². The molecule has 1 aliphatic carbocycles. The van der Waals surface area contributed by atoms with E-state index in [1.54, 1.807) is 10.8 Å². The van der Waals surface area contributed by atoms with E-state index in [9.17, 15) is 14.7 Å². The zero-order chi connectivity index (χ0) is 23.7. The first kappa shape index (κ1) is 22.0. The molecule has 0 bridgehead atoms. The van der Waals surface area contributed by atoms with E-state index in [0.29, 0.717) is 18.7 Å². The number of pyridine rings is 1. The lowest BCUT2D eigenvalue weighted by atomic mass is 9.72. The van der Waals surface area contributed by atoms with E-state index in [2.05, 4.69) is 5.32 Å². The van der Waals surface area contributed by atoms with Gasteiger partial charge in [0.25, 0.3) is 5.56 Å². The number of aliphatic hydroxyl groups excluding tert-OH is 1. The van der Waals surface area contributed by atoms with E-state index in [0.717, 1.165) is 46.9 Å². The summed E-state index contributed by atoms with van der Waals surface area (Å²) in [5, 5.41) is 21.9. The Morgan fingerprint density at radius 2 is 1.76 bits per heavy atom. The number of aryl methyl sites for hydroxylation is 1. The summed E-state index contributed by atoms with van der Waals surface area (Å²) in [5.74, 6) is 0.596. The average molecular weight is 459 g/mol. The number of aromatic nitrogens is 1. The Kier molecular flexibility index (Phi) is 5.71. The fourth-order valence-electron chi connectivity index (χ4n) is 4.80. The van der Waals surface area contributed by atoms with Crippen LogP contribution in [0.4, 0.5) is 4.79 Å². The highest BCUT2D eigenvalue weighted by Gasteiger charge is 2.40. The number of carbonyl (C=O) groups is 1. The first-order valence-corrected chi connectivity index (χ1v) is 11.5. The third-order valence-electron chi connectivity index (χ3n) is 6.69. The maximum Gasteiger partial charge on any atom is 0.405 e. The third kappa shape index (κ3) is 3.78. The second kappa shape index (κ2) is 8.83. The van der Waals surface area contributed by atoms with Gasteiger partial charge in [-0.3, -0.25) is 4.79 Å². The van der Waals surface area contributed by atoms with Crippen LogP contribution in [0, 0.1) is 0 Å². The van der Waals surface area contributed by atoms with Gasteiger partial charge in [-0.1, -0.05) is 54.6 Å². The summed E-state index contributed by atoms with van der Waals surface area (Å²) in [6.07, 6.45) is 3.72. The summed E-state index contributed by atoms with van der Waals surface area (Å²) in [6.45, 7) is 0.420. The minimum Gasteiger partial charge on any atom is -0.465 e. The van der Waals surface area contributed by atoms with Crippen LogP contribution >= 0.6 is 0 Å². The summed E-state index contributed by atoms with van der Waals surface area (Å²) in [6, 6.07) is 19.4. The summed E-state index contributed by atoms with van der Waals surface area (Å²) in [7, 11) is 0. The number of amides is 1. The lowest BCUT2D eigenvalue weighted by Gasteiger charge is -2.42. The van der Waals surface area contributed by atoms with Gasteiger partial charge in [-0.15, -0.1) is 0 Å². The smallest absolute Gasteiger partial charge is 0.405 e. The summed E-state index contributed by atoms with van der Waals surface area (Å²) in [5.41, 5.74) is 3.03. The molecule has 174 valence electrons. The van der Waals surface area contributed by atoms with Crippen molar-refractivity contribution in [3.05, 3.63) is 82.8 Å². The lowest BCUT2D eigenvalue weighted by molar-refractivity contribution is 0.144. The highest BCUT2D eigenvalue weighted by molar-refractivity contribution is 6.01. The van der Waals surface area contributed by atoms with Crippen molar-refractivity contribution in [2.45, 2.75) is 37.8 Å². The van der Waals surface area contributed by atoms with Gasteiger partial charge in [-0.2, -0.15) is 0 Å². The largest absolute Gasteiger partial charge is 0.465 e.